The molecule has 0 radical (unpaired) electrons. The van der Waals surface area contributed by atoms with Crippen LogP contribution in [-0.2, 0) is 4.79 Å². The first-order valence-corrected chi connectivity index (χ1v) is 5.63. The normalized spacial score (nSPS) is 14.2. The van der Waals surface area contributed by atoms with Crippen molar-refractivity contribution in [3.63, 3.8) is 0 Å². The lowest BCUT2D eigenvalue weighted by Gasteiger charge is -2.17. The molecule has 0 spiro atoms. The fourth-order valence-electron chi connectivity index (χ4n) is 1.82. The zero-order valence-electron chi connectivity index (χ0n) is 10.0. The Morgan fingerprint density at radius 3 is 2.74 bits per heavy atom. The fourth-order valence-corrected chi connectivity index (χ4v) is 1.82. The average molecular weight is 262 g/mol. The van der Waals surface area contributed by atoms with E-state index in [1.165, 1.54) is 6.33 Å². The van der Waals surface area contributed by atoms with Gasteiger partial charge in [-0.15, -0.1) is 0 Å². The van der Waals surface area contributed by atoms with Gasteiger partial charge in [0.1, 0.15) is 18.2 Å². The van der Waals surface area contributed by atoms with Crippen molar-refractivity contribution in [3.05, 3.63) is 30.1 Å². The maximum absolute atomic E-state index is 10.7. The summed E-state index contributed by atoms with van der Waals surface area (Å²) in [6.45, 7) is 0. The van der Waals surface area contributed by atoms with Crippen molar-refractivity contribution in [1.29, 1.82) is 0 Å². The number of nitrogens with two attached hydrogens (primary N) is 2. The number of benzene rings is 1. The Morgan fingerprint density at radius 2 is 2.05 bits per heavy atom. The van der Waals surface area contributed by atoms with Crippen LogP contribution in [0.3, 0.4) is 0 Å². The molecule has 1 heterocycles. The van der Waals surface area contributed by atoms with Crippen molar-refractivity contribution in [2.45, 2.75) is 18.6 Å². The molecule has 0 bridgehead atoms. The van der Waals surface area contributed by atoms with Crippen molar-refractivity contribution in [2.75, 3.05) is 5.73 Å². The fraction of sp³-hybridized carbons (Fsp3) is 0.250. The van der Waals surface area contributed by atoms with E-state index < -0.39 is 18.1 Å². The van der Waals surface area contributed by atoms with Gasteiger partial charge in [-0.25, -0.2) is 9.97 Å². The number of aromatic nitrogens is 2. The summed E-state index contributed by atoms with van der Waals surface area (Å²) in [4.78, 5) is 18.6. The van der Waals surface area contributed by atoms with Crippen LogP contribution in [0.1, 0.15) is 18.1 Å². The minimum absolute atomic E-state index is 0.281. The van der Waals surface area contributed by atoms with Gasteiger partial charge < -0.3 is 21.7 Å². The highest BCUT2D eigenvalue weighted by Gasteiger charge is 2.20. The Morgan fingerprint density at radius 1 is 1.32 bits per heavy atom. The highest BCUT2D eigenvalue weighted by Crippen LogP contribution is 2.24. The van der Waals surface area contributed by atoms with E-state index in [-0.39, 0.29) is 12.2 Å². The first-order valence-electron chi connectivity index (χ1n) is 5.63. The molecule has 100 valence electrons. The minimum atomic E-state index is -1.26. The Bertz CT molecular complexity index is 617. The van der Waals surface area contributed by atoms with E-state index in [0.717, 1.165) is 0 Å². The third-order valence-corrected chi connectivity index (χ3v) is 2.81. The van der Waals surface area contributed by atoms with Gasteiger partial charge in [0.2, 0.25) is 5.91 Å². The molecular weight excluding hydrogens is 248 g/mol. The second-order valence-electron chi connectivity index (χ2n) is 4.22. The summed E-state index contributed by atoms with van der Waals surface area (Å²) in [6.07, 6.45) is -1.47. The van der Waals surface area contributed by atoms with Crippen molar-refractivity contribution in [2.24, 2.45) is 5.73 Å². The Kier molecular flexibility index (Phi) is 3.59. The largest absolute Gasteiger partial charge is 0.390 e. The first-order chi connectivity index (χ1) is 8.99. The van der Waals surface area contributed by atoms with Gasteiger partial charge >= 0.3 is 0 Å². The molecule has 7 heteroatoms. The number of nitrogens with zero attached hydrogens (tertiary/aromatic N) is 2. The number of aliphatic hydroxyl groups is 2. The molecule has 2 aromatic rings. The number of anilines is 1. The van der Waals surface area contributed by atoms with Gasteiger partial charge in [-0.3, -0.25) is 4.79 Å². The molecule has 0 aliphatic heterocycles. The topological polar surface area (TPSA) is 135 Å². The van der Waals surface area contributed by atoms with E-state index in [0.29, 0.717) is 16.5 Å². The smallest absolute Gasteiger partial charge is 0.220 e. The van der Waals surface area contributed by atoms with Gasteiger partial charge in [-0.1, -0.05) is 6.07 Å². The number of hydrogen-bond donors (Lipinski definition) is 4. The van der Waals surface area contributed by atoms with E-state index in [1.54, 1.807) is 18.2 Å². The lowest BCUT2D eigenvalue weighted by atomic mass is 10.0. The predicted molar refractivity (Wildman–Crippen MR) is 68.7 cm³/mol. The number of primary amides is 1. The predicted octanol–water partition coefficient (Wildman–Crippen LogP) is -0.518. The van der Waals surface area contributed by atoms with Crippen LogP contribution in [-0.4, -0.2) is 32.2 Å². The summed E-state index contributed by atoms with van der Waals surface area (Å²) in [5.41, 5.74) is 11.7. The zero-order valence-corrected chi connectivity index (χ0v) is 10.0. The summed E-state index contributed by atoms with van der Waals surface area (Å²) in [5, 5.41) is 20.2. The monoisotopic (exact) mass is 262 g/mol. The second kappa shape index (κ2) is 5.17. The zero-order chi connectivity index (χ0) is 14.0. The van der Waals surface area contributed by atoms with Crippen LogP contribution in [0.5, 0.6) is 0 Å². The molecule has 19 heavy (non-hydrogen) atoms. The second-order valence-corrected chi connectivity index (χ2v) is 4.22. The highest BCUT2D eigenvalue weighted by atomic mass is 16.3. The van der Waals surface area contributed by atoms with Gasteiger partial charge in [0.15, 0.2) is 0 Å². The maximum Gasteiger partial charge on any atom is 0.220 e. The number of amides is 1. The molecule has 0 aliphatic carbocycles. The molecular formula is C12H14N4O3. The number of aliphatic hydroxyl groups excluding tert-OH is 2. The number of fused-ring (bicyclic) bond motifs is 1. The van der Waals surface area contributed by atoms with E-state index >= 15 is 0 Å². The van der Waals surface area contributed by atoms with Crippen molar-refractivity contribution in [1.82, 2.24) is 9.97 Å². The first kappa shape index (κ1) is 13.2. The van der Waals surface area contributed by atoms with Gasteiger partial charge in [-0.05, 0) is 17.7 Å². The van der Waals surface area contributed by atoms with Crippen LogP contribution in [0.2, 0.25) is 0 Å². The lowest BCUT2D eigenvalue weighted by molar-refractivity contribution is -0.121. The minimum Gasteiger partial charge on any atom is -0.390 e. The van der Waals surface area contributed by atoms with Crippen molar-refractivity contribution >= 4 is 22.6 Å². The summed E-state index contributed by atoms with van der Waals surface area (Å²) in [7, 11) is 0. The standard InChI is InChI=1S/C12H14N4O3/c13-10(18)4-9(17)11(19)6-1-2-8-7(3-6)12(14)16-5-15-8/h1-3,5,9,11,17,19H,4H2,(H2,13,18)(H2,14,15,16). The van der Waals surface area contributed by atoms with Gasteiger partial charge in [0, 0.05) is 5.39 Å². The van der Waals surface area contributed by atoms with Crippen LogP contribution < -0.4 is 11.5 Å². The number of nitrogen functional groups attached to an aromatic ring is 1. The Hall–Kier alpha value is -2.25. The molecule has 2 rings (SSSR count). The van der Waals surface area contributed by atoms with Crippen LogP contribution in [0, 0.1) is 0 Å². The Labute approximate surface area is 108 Å². The number of rotatable bonds is 4. The summed E-state index contributed by atoms with van der Waals surface area (Å²) < 4.78 is 0. The van der Waals surface area contributed by atoms with Crippen molar-refractivity contribution in [3.8, 4) is 0 Å². The molecule has 0 fully saturated rings. The maximum atomic E-state index is 10.7. The molecule has 1 amide bonds. The molecule has 0 saturated carbocycles. The molecule has 1 aromatic heterocycles. The Balaban J connectivity index is 2.35. The highest BCUT2D eigenvalue weighted by molar-refractivity contribution is 5.88. The van der Waals surface area contributed by atoms with Gasteiger partial charge in [0.25, 0.3) is 0 Å². The molecule has 2 atom stereocenters. The summed E-state index contributed by atoms with van der Waals surface area (Å²) >= 11 is 0. The van der Waals surface area contributed by atoms with Crippen LogP contribution >= 0.6 is 0 Å². The molecule has 6 N–H and O–H groups in total. The van der Waals surface area contributed by atoms with E-state index in [9.17, 15) is 15.0 Å². The van der Waals surface area contributed by atoms with E-state index in [4.69, 9.17) is 11.5 Å². The SMILES string of the molecule is NC(=O)CC(O)C(O)c1ccc2ncnc(N)c2c1. The van der Waals surface area contributed by atoms with E-state index in [2.05, 4.69) is 9.97 Å². The lowest BCUT2D eigenvalue weighted by Crippen LogP contribution is -2.25. The molecule has 7 nitrogen and oxygen atoms in total. The molecule has 0 saturated heterocycles. The third kappa shape index (κ3) is 2.78. The third-order valence-electron chi connectivity index (χ3n) is 2.81. The average Bonchev–Trinajstić information content (AvgIpc) is 2.37. The summed E-state index contributed by atoms with van der Waals surface area (Å²) in [5.74, 6) is -0.404. The number of hydrogen-bond acceptors (Lipinski definition) is 6. The van der Waals surface area contributed by atoms with Crippen LogP contribution in [0.4, 0.5) is 5.82 Å². The van der Waals surface area contributed by atoms with Crippen LogP contribution in [0.15, 0.2) is 24.5 Å². The van der Waals surface area contributed by atoms with Crippen molar-refractivity contribution < 1.29 is 15.0 Å². The number of carbonyl (C=O) groups is 1. The van der Waals surface area contributed by atoms with Gasteiger partial charge in [0.05, 0.1) is 18.0 Å². The summed E-state index contributed by atoms with van der Waals surface area (Å²) in [6, 6.07) is 4.84. The number of carbonyl (C=O) groups excluding carboxylic acids is 1. The van der Waals surface area contributed by atoms with Crippen LogP contribution in [0.25, 0.3) is 10.9 Å². The van der Waals surface area contributed by atoms with E-state index in [1.807, 2.05) is 0 Å². The molecule has 0 aliphatic rings. The molecule has 1 aromatic carbocycles. The van der Waals surface area contributed by atoms with Gasteiger partial charge in [-0.2, -0.15) is 0 Å². The molecule has 2 unspecified atom stereocenters. The quantitative estimate of drug-likeness (QED) is 0.585.